The Morgan fingerprint density at radius 3 is 2.32 bits per heavy atom. The van der Waals surface area contributed by atoms with Crippen molar-refractivity contribution in [1.29, 1.82) is 10.5 Å². The third kappa shape index (κ3) is 3.74. The van der Waals surface area contributed by atoms with Crippen molar-refractivity contribution in [1.82, 2.24) is 0 Å². The van der Waals surface area contributed by atoms with Crippen LogP contribution in [0.15, 0.2) is 29.4 Å². The molecule has 1 fully saturated rings. The van der Waals surface area contributed by atoms with E-state index in [1.165, 1.54) is 0 Å². The second-order valence-corrected chi connectivity index (χ2v) is 5.01. The molecule has 22 heavy (non-hydrogen) atoms. The van der Waals surface area contributed by atoms with Crippen LogP contribution in [0.4, 0.5) is 11.4 Å². The van der Waals surface area contributed by atoms with Gasteiger partial charge in [0.25, 0.3) is 0 Å². The minimum absolute atomic E-state index is 0.0260. The number of nitriles is 2. The van der Waals surface area contributed by atoms with E-state index < -0.39 is 0 Å². The molecular weight excluding hydrogens is 280 g/mol. The van der Waals surface area contributed by atoms with Gasteiger partial charge in [-0.05, 0) is 37.1 Å². The quantitative estimate of drug-likeness (QED) is 0.639. The van der Waals surface area contributed by atoms with E-state index in [1.807, 2.05) is 24.3 Å². The Balaban J connectivity index is 1.96. The van der Waals surface area contributed by atoms with Gasteiger partial charge in [0.1, 0.15) is 12.1 Å². The SMILES string of the molecule is N#CC(C#N)=NNc1ccc(N2CCC(C(N)=O)CC2)cc1. The predicted octanol–water partition coefficient (Wildman–Crippen LogP) is 1.20. The van der Waals surface area contributed by atoms with E-state index in [-0.39, 0.29) is 17.5 Å². The molecule has 0 bridgehead atoms. The van der Waals surface area contributed by atoms with E-state index in [2.05, 4.69) is 15.4 Å². The summed E-state index contributed by atoms with van der Waals surface area (Å²) in [6.07, 6.45) is 1.54. The van der Waals surface area contributed by atoms with Crippen LogP contribution in [0.2, 0.25) is 0 Å². The number of carbonyl (C=O) groups is 1. The second kappa shape index (κ2) is 7.09. The average Bonchev–Trinajstić information content (AvgIpc) is 2.56. The standard InChI is InChI=1S/C15H16N6O/c16-9-13(10-17)20-19-12-1-3-14(4-2-12)21-7-5-11(6-8-21)15(18)22/h1-4,11,19H,5-8H2,(H2,18,22). The van der Waals surface area contributed by atoms with Crippen molar-refractivity contribution in [2.24, 2.45) is 16.8 Å². The van der Waals surface area contributed by atoms with Gasteiger partial charge >= 0.3 is 0 Å². The zero-order valence-electron chi connectivity index (χ0n) is 12.0. The van der Waals surface area contributed by atoms with Gasteiger partial charge in [-0.1, -0.05) is 0 Å². The van der Waals surface area contributed by atoms with Gasteiger partial charge in [-0.2, -0.15) is 15.6 Å². The average molecular weight is 296 g/mol. The summed E-state index contributed by atoms with van der Waals surface area (Å²) in [5.41, 5.74) is 9.51. The van der Waals surface area contributed by atoms with Crippen LogP contribution in [0, 0.1) is 28.6 Å². The second-order valence-electron chi connectivity index (χ2n) is 5.01. The normalized spacial score (nSPS) is 14.5. The van der Waals surface area contributed by atoms with Crippen LogP contribution < -0.4 is 16.1 Å². The summed E-state index contributed by atoms with van der Waals surface area (Å²) in [4.78, 5) is 13.4. The minimum Gasteiger partial charge on any atom is -0.371 e. The van der Waals surface area contributed by atoms with Crippen molar-refractivity contribution in [2.75, 3.05) is 23.4 Å². The monoisotopic (exact) mass is 296 g/mol. The number of piperidine rings is 1. The molecule has 1 aromatic rings. The first-order chi connectivity index (χ1) is 10.6. The van der Waals surface area contributed by atoms with Gasteiger partial charge in [-0.25, -0.2) is 0 Å². The highest BCUT2D eigenvalue weighted by Gasteiger charge is 2.23. The maximum atomic E-state index is 11.2. The molecule has 1 aromatic carbocycles. The number of hydrogen-bond donors (Lipinski definition) is 2. The molecule has 1 saturated heterocycles. The summed E-state index contributed by atoms with van der Waals surface area (Å²) in [6, 6.07) is 10.9. The number of hydrazone groups is 1. The van der Waals surface area contributed by atoms with Gasteiger partial charge < -0.3 is 10.6 Å². The van der Waals surface area contributed by atoms with E-state index in [0.29, 0.717) is 5.69 Å². The van der Waals surface area contributed by atoms with Crippen LogP contribution in [0.25, 0.3) is 0 Å². The van der Waals surface area contributed by atoms with Gasteiger partial charge in [0.2, 0.25) is 11.6 Å². The topological polar surface area (TPSA) is 118 Å². The molecule has 2 rings (SSSR count). The Labute approximate surface area is 128 Å². The molecule has 7 nitrogen and oxygen atoms in total. The van der Waals surface area contributed by atoms with Crippen molar-refractivity contribution in [3.63, 3.8) is 0 Å². The van der Waals surface area contributed by atoms with E-state index in [4.69, 9.17) is 16.3 Å². The number of nitrogens with two attached hydrogens (primary N) is 1. The molecule has 1 heterocycles. The fraction of sp³-hybridized carbons (Fsp3) is 0.333. The zero-order chi connectivity index (χ0) is 15.9. The van der Waals surface area contributed by atoms with Crippen molar-refractivity contribution in [3.8, 4) is 12.1 Å². The highest BCUT2D eigenvalue weighted by Crippen LogP contribution is 2.24. The number of amides is 1. The summed E-state index contributed by atoms with van der Waals surface area (Å²) in [5.74, 6) is -0.246. The Morgan fingerprint density at radius 2 is 1.82 bits per heavy atom. The number of benzene rings is 1. The number of primary amides is 1. The summed E-state index contributed by atoms with van der Waals surface area (Å²) in [7, 11) is 0. The number of rotatable bonds is 4. The number of hydrogen-bond acceptors (Lipinski definition) is 6. The Bertz CT molecular complexity index is 628. The van der Waals surface area contributed by atoms with Gasteiger partial charge in [0, 0.05) is 24.7 Å². The number of nitrogens with zero attached hydrogens (tertiary/aromatic N) is 4. The molecule has 0 radical (unpaired) electrons. The van der Waals surface area contributed by atoms with Crippen LogP contribution in [0.5, 0.6) is 0 Å². The lowest BCUT2D eigenvalue weighted by Gasteiger charge is -2.32. The minimum atomic E-state index is -0.224. The largest absolute Gasteiger partial charge is 0.371 e. The number of nitrogens with one attached hydrogen (secondary N) is 1. The van der Waals surface area contributed by atoms with Crippen LogP contribution >= 0.6 is 0 Å². The molecule has 3 N–H and O–H groups in total. The van der Waals surface area contributed by atoms with Crippen LogP contribution in [-0.2, 0) is 4.79 Å². The van der Waals surface area contributed by atoms with E-state index >= 15 is 0 Å². The maximum Gasteiger partial charge on any atom is 0.237 e. The molecule has 7 heteroatoms. The zero-order valence-corrected chi connectivity index (χ0v) is 12.0. The van der Waals surface area contributed by atoms with E-state index in [0.717, 1.165) is 31.6 Å². The predicted molar refractivity (Wildman–Crippen MR) is 82.9 cm³/mol. The summed E-state index contributed by atoms with van der Waals surface area (Å²) in [5, 5.41) is 20.9. The fourth-order valence-electron chi connectivity index (χ4n) is 2.36. The lowest BCUT2D eigenvalue weighted by atomic mass is 9.96. The van der Waals surface area contributed by atoms with Crippen molar-refractivity contribution in [3.05, 3.63) is 24.3 Å². The van der Waals surface area contributed by atoms with Gasteiger partial charge in [0.15, 0.2) is 0 Å². The molecule has 1 aliphatic rings. The number of anilines is 2. The smallest absolute Gasteiger partial charge is 0.237 e. The lowest BCUT2D eigenvalue weighted by molar-refractivity contribution is -0.122. The molecule has 0 saturated carbocycles. The van der Waals surface area contributed by atoms with Crippen LogP contribution in [0.1, 0.15) is 12.8 Å². The Morgan fingerprint density at radius 1 is 1.23 bits per heavy atom. The third-order valence-electron chi connectivity index (χ3n) is 3.64. The molecule has 112 valence electrons. The van der Waals surface area contributed by atoms with E-state index in [9.17, 15) is 4.79 Å². The molecule has 0 atom stereocenters. The maximum absolute atomic E-state index is 11.2. The van der Waals surface area contributed by atoms with Crippen molar-refractivity contribution < 1.29 is 4.79 Å². The van der Waals surface area contributed by atoms with Crippen LogP contribution in [-0.4, -0.2) is 24.7 Å². The molecule has 1 aliphatic heterocycles. The fourth-order valence-corrected chi connectivity index (χ4v) is 2.36. The van der Waals surface area contributed by atoms with Gasteiger partial charge in [-0.15, -0.1) is 0 Å². The van der Waals surface area contributed by atoms with E-state index in [1.54, 1.807) is 12.1 Å². The molecule has 0 aliphatic carbocycles. The summed E-state index contributed by atoms with van der Waals surface area (Å²) >= 11 is 0. The van der Waals surface area contributed by atoms with Gasteiger partial charge in [-0.3, -0.25) is 10.2 Å². The molecular formula is C15H16N6O. The molecule has 0 spiro atoms. The molecule has 1 amide bonds. The first-order valence-corrected chi connectivity index (χ1v) is 6.92. The van der Waals surface area contributed by atoms with Crippen LogP contribution in [0.3, 0.4) is 0 Å². The lowest BCUT2D eigenvalue weighted by Crippen LogP contribution is -2.38. The first kappa shape index (κ1) is 15.3. The third-order valence-corrected chi connectivity index (χ3v) is 3.64. The summed E-state index contributed by atoms with van der Waals surface area (Å²) in [6.45, 7) is 1.59. The highest BCUT2D eigenvalue weighted by atomic mass is 16.1. The highest BCUT2D eigenvalue weighted by molar-refractivity contribution is 6.10. The number of carbonyl (C=O) groups excluding carboxylic acids is 1. The Hall–Kier alpha value is -3.06. The van der Waals surface area contributed by atoms with Gasteiger partial charge in [0.05, 0.1) is 5.69 Å². The summed E-state index contributed by atoms with van der Waals surface area (Å²) < 4.78 is 0. The molecule has 0 unspecified atom stereocenters. The van der Waals surface area contributed by atoms with Crippen molar-refractivity contribution in [2.45, 2.75) is 12.8 Å². The van der Waals surface area contributed by atoms with Crippen molar-refractivity contribution >= 4 is 23.0 Å². The molecule has 0 aromatic heterocycles. The Kier molecular flexibility index (Phi) is 4.94. The first-order valence-electron chi connectivity index (χ1n) is 6.92.